The maximum absolute atomic E-state index is 5.29. The summed E-state index contributed by atoms with van der Waals surface area (Å²) in [5.41, 5.74) is 6.12. The van der Waals surface area contributed by atoms with Gasteiger partial charge in [-0.05, 0) is 6.42 Å². The van der Waals surface area contributed by atoms with Crippen molar-refractivity contribution in [2.24, 2.45) is 0 Å². The van der Waals surface area contributed by atoms with Gasteiger partial charge in [-0.25, -0.2) is 0 Å². The molecular formula is C8H22N2O3Si. The van der Waals surface area contributed by atoms with Gasteiger partial charge in [-0.1, -0.05) is 6.92 Å². The van der Waals surface area contributed by atoms with E-state index in [0.29, 0.717) is 0 Å². The topological polar surface area (TPSA) is 51.8 Å². The van der Waals surface area contributed by atoms with Crippen LogP contribution in [0.5, 0.6) is 0 Å². The maximum atomic E-state index is 5.29. The molecule has 0 fully saturated rings. The molecule has 0 saturated heterocycles. The lowest BCUT2D eigenvalue weighted by Crippen LogP contribution is -2.43. The zero-order chi connectivity index (χ0) is 10.9. The molecule has 0 aliphatic rings. The lowest BCUT2D eigenvalue weighted by Gasteiger charge is -2.24. The predicted molar refractivity (Wildman–Crippen MR) is 57.9 cm³/mol. The highest BCUT2D eigenvalue weighted by molar-refractivity contribution is 6.60. The third-order valence-electron chi connectivity index (χ3n) is 2.02. The Bertz CT molecular complexity index is 125. The second-order valence-electron chi connectivity index (χ2n) is 2.86. The summed E-state index contributed by atoms with van der Waals surface area (Å²) in [6.07, 6.45) is 0.967. The van der Waals surface area contributed by atoms with E-state index in [-0.39, 0.29) is 0 Å². The molecular weight excluding hydrogens is 200 g/mol. The molecule has 86 valence electrons. The normalized spacial score (nSPS) is 12.0. The molecule has 0 amide bonds. The molecule has 0 aromatic rings. The smallest absolute Gasteiger partial charge is 0.377 e. The van der Waals surface area contributed by atoms with E-state index in [1.54, 1.807) is 21.3 Å². The third kappa shape index (κ3) is 5.04. The highest BCUT2D eigenvalue weighted by Gasteiger charge is 2.36. The van der Waals surface area contributed by atoms with Crippen LogP contribution >= 0.6 is 0 Å². The van der Waals surface area contributed by atoms with Crippen LogP contribution in [0.2, 0.25) is 6.04 Å². The van der Waals surface area contributed by atoms with Gasteiger partial charge in [-0.15, -0.1) is 0 Å². The van der Waals surface area contributed by atoms with E-state index < -0.39 is 8.80 Å². The van der Waals surface area contributed by atoms with E-state index in [1.807, 2.05) is 6.92 Å². The van der Waals surface area contributed by atoms with E-state index in [1.165, 1.54) is 0 Å². The Morgan fingerprint density at radius 2 is 1.57 bits per heavy atom. The lowest BCUT2D eigenvalue weighted by atomic mass is 10.5. The third-order valence-corrected chi connectivity index (χ3v) is 4.85. The largest absolute Gasteiger partial charge is 0.500 e. The Hall–Kier alpha value is 0.0169. The molecule has 0 unspecified atom stereocenters. The van der Waals surface area contributed by atoms with Crippen LogP contribution in [-0.2, 0) is 13.3 Å². The Labute approximate surface area is 87.5 Å². The van der Waals surface area contributed by atoms with Crippen molar-refractivity contribution < 1.29 is 13.3 Å². The van der Waals surface area contributed by atoms with Crippen LogP contribution in [0.15, 0.2) is 0 Å². The minimum atomic E-state index is -2.35. The molecule has 0 aliphatic carbocycles. The monoisotopic (exact) mass is 222 g/mol. The van der Waals surface area contributed by atoms with Gasteiger partial charge < -0.3 is 13.3 Å². The van der Waals surface area contributed by atoms with Crippen LogP contribution in [0.4, 0.5) is 0 Å². The summed E-state index contributed by atoms with van der Waals surface area (Å²) < 4.78 is 15.9. The quantitative estimate of drug-likeness (QED) is 0.335. The summed E-state index contributed by atoms with van der Waals surface area (Å²) >= 11 is 0. The first kappa shape index (κ1) is 14.0. The second-order valence-corrected chi connectivity index (χ2v) is 5.95. The molecule has 0 aliphatic heterocycles. The second kappa shape index (κ2) is 8.34. The first-order valence-corrected chi connectivity index (χ1v) is 6.79. The minimum Gasteiger partial charge on any atom is -0.377 e. The molecule has 0 radical (unpaired) electrons. The molecule has 5 nitrogen and oxygen atoms in total. The highest BCUT2D eigenvalue weighted by atomic mass is 28.4. The van der Waals surface area contributed by atoms with Crippen LogP contribution in [0.3, 0.4) is 0 Å². The van der Waals surface area contributed by atoms with Crippen molar-refractivity contribution in [3.63, 3.8) is 0 Å². The predicted octanol–water partition coefficient (Wildman–Crippen LogP) is 0.369. The van der Waals surface area contributed by atoms with Crippen LogP contribution in [-0.4, -0.2) is 43.2 Å². The molecule has 0 saturated carbocycles. The number of nitrogens with one attached hydrogen (secondary N) is 2. The number of rotatable bonds is 9. The highest BCUT2D eigenvalue weighted by Crippen LogP contribution is 2.13. The first-order valence-electron chi connectivity index (χ1n) is 4.85. The maximum Gasteiger partial charge on any atom is 0.500 e. The molecule has 14 heavy (non-hydrogen) atoms. The van der Waals surface area contributed by atoms with Crippen LogP contribution in [0.25, 0.3) is 0 Å². The molecule has 0 rings (SSSR count). The van der Waals surface area contributed by atoms with Crippen LogP contribution in [0, 0.1) is 0 Å². The minimum absolute atomic E-state index is 0.828. The van der Waals surface area contributed by atoms with Gasteiger partial charge in [0, 0.05) is 40.5 Å². The summed E-state index contributed by atoms with van der Waals surface area (Å²) in [5, 5.41) is 0. The lowest BCUT2D eigenvalue weighted by molar-refractivity contribution is 0.123. The summed E-state index contributed by atoms with van der Waals surface area (Å²) in [6.45, 7) is 3.85. The molecule has 0 heterocycles. The van der Waals surface area contributed by atoms with Gasteiger partial charge in [0.05, 0.1) is 0 Å². The van der Waals surface area contributed by atoms with E-state index in [4.69, 9.17) is 13.3 Å². The molecule has 0 bridgehead atoms. The summed E-state index contributed by atoms with van der Waals surface area (Å²) in [7, 11) is 2.56. The van der Waals surface area contributed by atoms with E-state index >= 15 is 0 Å². The van der Waals surface area contributed by atoms with E-state index in [0.717, 1.165) is 25.6 Å². The Balaban J connectivity index is 3.61. The van der Waals surface area contributed by atoms with Gasteiger partial charge in [0.1, 0.15) is 0 Å². The molecule has 2 N–H and O–H groups in total. The van der Waals surface area contributed by atoms with Gasteiger partial charge in [-0.2, -0.15) is 0 Å². The molecule has 0 spiro atoms. The number of hydrogen-bond donors (Lipinski definition) is 2. The number of hydrazine groups is 1. The van der Waals surface area contributed by atoms with Gasteiger partial charge >= 0.3 is 8.80 Å². The fraction of sp³-hybridized carbons (Fsp3) is 1.00. The van der Waals surface area contributed by atoms with Crippen molar-refractivity contribution >= 4 is 8.80 Å². The van der Waals surface area contributed by atoms with Gasteiger partial charge in [-0.3, -0.25) is 10.9 Å². The standard InChI is InChI=1S/C8H22N2O3Si/c1-5-9-10-7-6-8-14(11-2,12-3)13-4/h9-10H,5-8H2,1-4H3. The summed E-state index contributed by atoms with van der Waals surface area (Å²) in [4.78, 5) is 0. The fourth-order valence-corrected chi connectivity index (χ4v) is 2.89. The van der Waals surface area contributed by atoms with Crippen molar-refractivity contribution in [3.8, 4) is 0 Å². The first-order chi connectivity index (χ1) is 6.74. The molecule has 6 heteroatoms. The average molecular weight is 222 g/mol. The van der Waals surface area contributed by atoms with E-state index in [2.05, 4.69) is 10.9 Å². The van der Waals surface area contributed by atoms with E-state index in [9.17, 15) is 0 Å². The SMILES string of the molecule is CCNNCCC[Si](OC)(OC)OC. The zero-order valence-corrected chi connectivity index (χ0v) is 10.6. The van der Waals surface area contributed by atoms with Gasteiger partial charge in [0.25, 0.3) is 0 Å². The average Bonchev–Trinajstić information content (AvgIpc) is 2.24. The molecule has 0 aromatic carbocycles. The Morgan fingerprint density at radius 1 is 1.00 bits per heavy atom. The summed E-state index contributed by atoms with van der Waals surface area (Å²) in [5.74, 6) is 0. The Morgan fingerprint density at radius 3 is 2.00 bits per heavy atom. The molecule has 0 aromatic heterocycles. The fourth-order valence-electron chi connectivity index (χ4n) is 1.16. The van der Waals surface area contributed by atoms with Gasteiger partial charge in [0.2, 0.25) is 0 Å². The van der Waals surface area contributed by atoms with Crippen molar-refractivity contribution in [3.05, 3.63) is 0 Å². The Kier molecular flexibility index (Phi) is 8.35. The van der Waals surface area contributed by atoms with Crippen molar-refractivity contribution in [1.29, 1.82) is 0 Å². The number of hydrogen-bond acceptors (Lipinski definition) is 5. The van der Waals surface area contributed by atoms with Crippen LogP contribution < -0.4 is 10.9 Å². The van der Waals surface area contributed by atoms with Crippen molar-refractivity contribution in [2.75, 3.05) is 34.4 Å². The summed E-state index contributed by atoms with van der Waals surface area (Å²) in [6, 6.07) is 0.828. The van der Waals surface area contributed by atoms with Crippen LogP contribution in [0.1, 0.15) is 13.3 Å². The van der Waals surface area contributed by atoms with Crippen molar-refractivity contribution in [2.45, 2.75) is 19.4 Å². The molecule has 0 atom stereocenters. The van der Waals surface area contributed by atoms with Gasteiger partial charge in [0.15, 0.2) is 0 Å². The van der Waals surface area contributed by atoms with Crippen molar-refractivity contribution in [1.82, 2.24) is 10.9 Å². The zero-order valence-electron chi connectivity index (χ0n) is 9.55.